The van der Waals surface area contributed by atoms with Crippen LogP contribution in [0.3, 0.4) is 0 Å². The Labute approximate surface area is 149 Å². The second-order valence-corrected chi connectivity index (χ2v) is 5.04. The van der Waals surface area contributed by atoms with Gasteiger partial charge in [-0.15, -0.1) is 0 Å². The number of ether oxygens (including phenoxy) is 1. The Kier molecular flexibility index (Phi) is 5.50. The van der Waals surface area contributed by atoms with Crippen molar-refractivity contribution in [2.24, 2.45) is 0 Å². The van der Waals surface area contributed by atoms with Gasteiger partial charge in [-0.05, 0) is 24.3 Å². The second-order valence-electron chi connectivity index (χ2n) is 5.04. The molecule has 0 fully saturated rings. The summed E-state index contributed by atoms with van der Waals surface area (Å²) in [5, 5.41) is 42.3. The number of phenolic OH excluding ortho intramolecular Hbond substituents is 1. The molecule has 0 radical (unpaired) electrons. The quantitative estimate of drug-likeness (QED) is 0.368. The fourth-order valence-corrected chi connectivity index (χ4v) is 2.03. The maximum Gasteiger partial charge on any atom is 0.337 e. The number of nitrogens with zero attached hydrogens (tertiary/aromatic N) is 2. The van der Waals surface area contributed by atoms with E-state index in [2.05, 4.69) is 5.32 Å². The summed E-state index contributed by atoms with van der Waals surface area (Å²) >= 11 is 0. The van der Waals surface area contributed by atoms with Crippen molar-refractivity contribution in [2.75, 3.05) is 11.9 Å². The number of nitrogens with one attached hydrogen (secondary N) is 1. The van der Waals surface area contributed by atoms with Crippen molar-refractivity contribution in [1.82, 2.24) is 0 Å². The minimum Gasteiger partial charge on any atom is -0.508 e. The van der Waals surface area contributed by atoms with Gasteiger partial charge in [-0.3, -0.25) is 25.0 Å². The largest absolute Gasteiger partial charge is 0.508 e. The van der Waals surface area contributed by atoms with Crippen LogP contribution in [0.2, 0.25) is 0 Å². The number of carbonyl (C=O) groups excluding carboxylic acids is 1. The minimum absolute atomic E-state index is 0.118. The maximum atomic E-state index is 11.9. The SMILES string of the molecule is O=C(COc1ccc([N+](=O)[O-])cc1[N+](=O)[O-])Nc1ccc(O)cc1C(=O)O. The smallest absolute Gasteiger partial charge is 0.337 e. The molecule has 12 nitrogen and oxygen atoms in total. The number of carbonyl (C=O) groups is 2. The lowest BCUT2D eigenvalue weighted by atomic mass is 10.1. The standard InChI is InChI=1S/C15H11N3O9/c19-9-2-3-11(10(6-9)15(21)22)16-14(20)7-27-13-4-1-8(17(23)24)5-12(13)18(25)26/h1-6,19H,7H2,(H,16,20)(H,21,22). The molecule has 0 aromatic heterocycles. The van der Waals surface area contributed by atoms with Crippen LogP contribution in [0.4, 0.5) is 17.1 Å². The van der Waals surface area contributed by atoms with Crippen LogP contribution in [0.25, 0.3) is 0 Å². The highest BCUT2D eigenvalue weighted by Crippen LogP contribution is 2.31. The molecule has 0 bridgehead atoms. The first-order valence-electron chi connectivity index (χ1n) is 7.11. The average Bonchev–Trinajstić information content (AvgIpc) is 2.60. The number of hydrogen-bond donors (Lipinski definition) is 3. The van der Waals surface area contributed by atoms with E-state index in [0.717, 1.165) is 30.3 Å². The van der Waals surface area contributed by atoms with E-state index < -0.39 is 39.7 Å². The third-order valence-corrected chi connectivity index (χ3v) is 3.22. The highest BCUT2D eigenvalue weighted by molar-refractivity contribution is 6.01. The van der Waals surface area contributed by atoms with Gasteiger partial charge in [-0.2, -0.15) is 0 Å². The summed E-state index contributed by atoms with van der Waals surface area (Å²) in [6.07, 6.45) is 0. The second kappa shape index (κ2) is 7.77. The van der Waals surface area contributed by atoms with E-state index >= 15 is 0 Å². The first kappa shape index (κ1) is 19.1. The van der Waals surface area contributed by atoms with Gasteiger partial charge in [0.1, 0.15) is 5.75 Å². The molecule has 0 aliphatic heterocycles. The zero-order valence-corrected chi connectivity index (χ0v) is 13.3. The summed E-state index contributed by atoms with van der Waals surface area (Å²) in [4.78, 5) is 43.0. The van der Waals surface area contributed by atoms with Crippen molar-refractivity contribution in [1.29, 1.82) is 0 Å². The van der Waals surface area contributed by atoms with Crippen molar-refractivity contribution in [3.05, 3.63) is 62.2 Å². The molecular formula is C15H11N3O9. The molecule has 140 valence electrons. The van der Waals surface area contributed by atoms with E-state index in [1.165, 1.54) is 0 Å². The summed E-state index contributed by atoms with van der Waals surface area (Å²) < 4.78 is 5.02. The highest BCUT2D eigenvalue weighted by atomic mass is 16.6. The average molecular weight is 377 g/mol. The number of benzene rings is 2. The summed E-state index contributed by atoms with van der Waals surface area (Å²) in [6.45, 7) is -0.724. The van der Waals surface area contributed by atoms with Crippen LogP contribution in [0.5, 0.6) is 11.5 Å². The van der Waals surface area contributed by atoms with E-state index in [0.29, 0.717) is 6.07 Å². The molecule has 0 spiro atoms. The van der Waals surface area contributed by atoms with Crippen molar-refractivity contribution in [3.63, 3.8) is 0 Å². The van der Waals surface area contributed by atoms with Crippen molar-refractivity contribution >= 4 is 28.9 Å². The summed E-state index contributed by atoms with van der Waals surface area (Å²) in [5.74, 6) is -2.92. The molecule has 0 saturated heterocycles. The molecule has 2 aromatic carbocycles. The Balaban J connectivity index is 2.14. The maximum absolute atomic E-state index is 11.9. The first-order chi connectivity index (χ1) is 12.7. The number of anilines is 1. The van der Waals surface area contributed by atoms with Crippen molar-refractivity contribution < 1.29 is 34.4 Å². The Morgan fingerprint density at radius 1 is 1.07 bits per heavy atom. The number of amides is 1. The van der Waals surface area contributed by atoms with Crippen LogP contribution in [-0.4, -0.2) is 38.5 Å². The number of hydrogen-bond acceptors (Lipinski definition) is 8. The molecule has 2 rings (SSSR count). The van der Waals surface area contributed by atoms with Gasteiger partial charge in [0.15, 0.2) is 12.4 Å². The lowest BCUT2D eigenvalue weighted by Gasteiger charge is -2.10. The van der Waals surface area contributed by atoms with E-state index in [1.807, 2.05) is 0 Å². The van der Waals surface area contributed by atoms with Gasteiger partial charge in [-0.25, -0.2) is 4.79 Å². The summed E-state index contributed by atoms with van der Waals surface area (Å²) in [5.41, 5.74) is -1.71. The number of rotatable bonds is 7. The zero-order valence-electron chi connectivity index (χ0n) is 13.3. The third kappa shape index (κ3) is 4.66. The third-order valence-electron chi connectivity index (χ3n) is 3.22. The van der Waals surface area contributed by atoms with E-state index in [9.17, 15) is 34.9 Å². The van der Waals surface area contributed by atoms with Gasteiger partial charge >= 0.3 is 11.7 Å². The molecule has 27 heavy (non-hydrogen) atoms. The Morgan fingerprint density at radius 2 is 1.78 bits per heavy atom. The van der Waals surface area contributed by atoms with Gasteiger partial charge < -0.3 is 20.3 Å². The van der Waals surface area contributed by atoms with E-state index in [4.69, 9.17) is 9.84 Å². The Bertz CT molecular complexity index is 942. The molecule has 0 aliphatic carbocycles. The molecule has 0 unspecified atom stereocenters. The lowest BCUT2D eigenvalue weighted by Crippen LogP contribution is -2.21. The molecule has 1 amide bonds. The normalized spacial score (nSPS) is 10.1. The van der Waals surface area contributed by atoms with Crippen LogP contribution in [0.15, 0.2) is 36.4 Å². The minimum atomic E-state index is -1.40. The number of non-ortho nitro benzene ring substituents is 1. The Hall–Kier alpha value is -4.22. The molecule has 0 saturated carbocycles. The molecule has 12 heteroatoms. The molecular weight excluding hydrogens is 366 g/mol. The van der Waals surface area contributed by atoms with Crippen molar-refractivity contribution in [3.8, 4) is 11.5 Å². The first-order valence-corrected chi connectivity index (χ1v) is 7.11. The van der Waals surface area contributed by atoms with Crippen LogP contribution in [0, 0.1) is 20.2 Å². The monoisotopic (exact) mass is 377 g/mol. The number of carboxylic acids is 1. The fourth-order valence-electron chi connectivity index (χ4n) is 2.03. The number of aromatic carboxylic acids is 1. The number of phenols is 1. The van der Waals surface area contributed by atoms with Crippen LogP contribution in [0.1, 0.15) is 10.4 Å². The van der Waals surface area contributed by atoms with Crippen LogP contribution < -0.4 is 10.1 Å². The van der Waals surface area contributed by atoms with Crippen LogP contribution in [-0.2, 0) is 4.79 Å². The predicted molar refractivity (Wildman–Crippen MR) is 88.9 cm³/mol. The van der Waals surface area contributed by atoms with Gasteiger partial charge in [-0.1, -0.05) is 0 Å². The van der Waals surface area contributed by atoms with Crippen LogP contribution >= 0.6 is 0 Å². The molecule has 2 aromatic rings. The van der Waals surface area contributed by atoms with Gasteiger partial charge in [0.05, 0.1) is 27.2 Å². The number of aromatic hydroxyl groups is 1. The zero-order chi connectivity index (χ0) is 20.1. The summed E-state index contributed by atoms with van der Waals surface area (Å²) in [6, 6.07) is 5.89. The fraction of sp³-hybridized carbons (Fsp3) is 0.0667. The molecule has 0 aliphatic rings. The lowest BCUT2D eigenvalue weighted by molar-refractivity contribution is -0.394. The summed E-state index contributed by atoms with van der Waals surface area (Å²) in [7, 11) is 0. The molecule has 3 N–H and O–H groups in total. The molecule has 0 heterocycles. The van der Waals surface area contributed by atoms with Gasteiger partial charge in [0.25, 0.3) is 11.6 Å². The van der Waals surface area contributed by atoms with Gasteiger partial charge in [0, 0.05) is 6.07 Å². The number of nitro benzene ring substituents is 2. The topological polar surface area (TPSA) is 182 Å². The van der Waals surface area contributed by atoms with E-state index in [-0.39, 0.29) is 22.7 Å². The molecule has 0 atom stereocenters. The number of nitro groups is 2. The highest BCUT2D eigenvalue weighted by Gasteiger charge is 2.21. The predicted octanol–water partition coefficient (Wildman–Crippen LogP) is 1.92. The van der Waals surface area contributed by atoms with Crippen molar-refractivity contribution in [2.45, 2.75) is 0 Å². The Morgan fingerprint density at radius 3 is 2.37 bits per heavy atom. The van der Waals surface area contributed by atoms with E-state index in [1.54, 1.807) is 0 Å². The number of carboxylic acid groups (broad SMARTS) is 1. The van der Waals surface area contributed by atoms with Gasteiger partial charge in [0.2, 0.25) is 0 Å².